The van der Waals surface area contributed by atoms with E-state index in [2.05, 4.69) is 20.5 Å². The van der Waals surface area contributed by atoms with Crippen molar-refractivity contribution >= 4 is 17.0 Å². The van der Waals surface area contributed by atoms with E-state index < -0.39 is 0 Å². The monoisotopic (exact) mass is 246 g/mol. The highest BCUT2D eigenvalue weighted by molar-refractivity contribution is 5.78. The average Bonchev–Trinajstić information content (AvgIpc) is 2.73. The lowest BCUT2D eigenvalue weighted by molar-refractivity contribution is 0.0366. The Morgan fingerprint density at radius 3 is 2.78 bits per heavy atom. The summed E-state index contributed by atoms with van der Waals surface area (Å²) in [4.78, 5) is 6.77. The van der Waals surface area contributed by atoms with Crippen LogP contribution in [0, 0.1) is 0 Å². The third-order valence-corrected chi connectivity index (χ3v) is 3.43. The van der Waals surface area contributed by atoms with Crippen molar-refractivity contribution in [3.8, 4) is 0 Å². The molecular weight excluding hydrogens is 228 g/mol. The number of hydrogen-bond donors (Lipinski definition) is 1. The Bertz CT molecular complexity index is 531. The number of fused-ring (bicyclic) bond motifs is 1. The predicted molar refractivity (Wildman–Crippen MR) is 71.4 cm³/mol. The molecule has 5 heteroatoms. The summed E-state index contributed by atoms with van der Waals surface area (Å²) in [6, 6.07) is 8.07. The molecule has 0 atom stereocenters. The second-order valence-electron chi connectivity index (χ2n) is 4.56. The van der Waals surface area contributed by atoms with Crippen molar-refractivity contribution in [1.82, 2.24) is 14.5 Å². The molecule has 1 aliphatic heterocycles. The van der Waals surface area contributed by atoms with Gasteiger partial charge in [-0.25, -0.2) is 4.98 Å². The molecule has 1 fully saturated rings. The topological polar surface area (TPSA) is 56.3 Å². The Labute approximate surface area is 106 Å². The largest absolute Gasteiger partial charge is 0.379 e. The molecule has 2 aromatic rings. The Hall–Kier alpha value is -1.59. The van der Waals surface area contributed by atoms with Crippen LogP contribution in [-0.2, 0) is 11.3 Å². The predicted octanol–water partition coefficient (Wildman–Crippen LogP) is 0.951. The van der Waals surface area contributed by atoms with E-state index in [4.69, 9.17) is 10.5 Å². The molecule has 2 N–H and O–H groups in total. The average molecular weight is 246 g/mol. The van der Waals surface area contributed by atoms with E-state index in [0.717, 1.165) is 50.4 Å². The number of morpholine rings is 1. The first-order valence-electron chi connectivity index (χ1n) is 6.35. The molecule has 0 saturated carbocycles. The smallest absolute Gasteiger partial charge is 0.201 e. The fourth-order valence-electron chi connectivity index (χ4n) is 2.40. The zero-order valence-corrected chi connectivity index (χ0v) is 10.4. The Balaban J connectivity index is 1.75. The van der Waals surface area contributed by atoms with Crippen molar-refractivity contribution in [1.29, 1.82) is 0 Å². The maximum Gasteiger partial charge on any atom is 0.201 e. The summed E-state index contributed by atoms with van der Waals surface area (Å²) in [5, 5.41) is 0. The number of nitrogen functional groups attached to an aromatic ring is 1. The van der Waals surface area contributed by atoms with E-state index in [1.807, 2.05) is 18.2 Å². The Kier molecular flexibility index (Phi) is 3.17. The van der Waals surface area contributed by atoms with Gasteiger partial charge in [0.15, 0.2) is 0 Å². The van der Waals surface area contributed by atoms with Gasteiger partial charge in [-0.15, -0.1) is 0 Å². The second kappa shape index (κ2) is 4.96. The second-order valence-corrected chi connectivity index (χ2v) is 4.56. The van der Waals surface area contributed by atoms with Crippen LogP contribution in [0.25, 0.3) is 11.0 Å². The van der Waals surface area contributed by atoms with Crippen LogP contribution in [-0.4, -0.2) is 47.3 Å². The van der Waals surface area contributed by atoms with E-state index in [1.165, 1.54) is 0 Å². The Morgan fingerprint density at radius 1 is 1.17 bits per heavy atom. The van der Waals surface area contributed by atoms with E-state index in [0.29, 0.717) is 5.95 Å². The SMILES string of the molecule is Nc1nc2ccccc2n1CCN1CCOCC1. The normalized spacial score (nSPS) is 17.3. The number of hydrogen-bond acceptors (Lipinski definition) is 4. The van der Waals surface area contributed by atoms with Crippen molar-refractivity contribution in [3.05, 3.63) is 24.3 Å². The van der Waals surface area contributed by atoms with E-state index >= 15 is 0 Å². The minimum Gasteiger partial charge on any atom is -0.379 e. The van der Waals surface area contributed by atoms with Gasteiger partial charge in [-0.2, -0.15) is 0 Å². The third-order valence-electron chi connectivity index (χ3n) is 3.43. The molecule has 0 spiro atoms. The van der Waals surface area contributed by atoms with Crippen LogP contribution in [0.1, 0.15) is 0 Å². The molecule has 1 aromatic carbocycles. The highest BCUT2D eigenvalue weighted by atomic mass is 16.5. The van der Waals surface area contributed by atoms with E-state index in [-0.39, 0.29) is 0 Å². The molecule has 0 bridgehead atoms. The Morgan fingerprint density at radius 2 is 1.94 bits per heavy atom. The zero-order chi connectivity index (χ0) is 12.4. The lowest BCUT2D eigenvalue weighted by atomic mass is 10.3. The van der Waals surface area contributed by atoms with Gasteiger partial charge in [0.05, 0.1) is 24.2 Å². The fraction of sp³-hybridized carbons (Fsp3) is 0.462. The fourth-order valence-corrected chi connectivity index (χ4v) is 2.40. The number of aromatic nitrogens is 2. The van der Waals surface area contributed by atoms with E-state index in [1.54, 1.807) is 0 Å². The molecule has 1 saturated heterocycles. The number of anilines is 1. The zero-order valence-electron chi connectivity index (χ0n) is 10.4. The quantitative estimate of drug-likeness (QED) is 0.876. The lowest BCUT2D eigenvalue weighted by Crippen LogP contribution is -2.38. The first-order chi connectivity index (χ1) is 8.84. The van der Waals surface area contributed by atoms with Gasteiger partial charge in [0.25, 0.3) is 0 Å². The molecule has 0 radical (unpaired) electrons. The number of para-hydroxylation sites is 2. The lowest BCUT2D eigenvalue weighted by Gasteiger charge is -2.26. The molecular formula is C13H18N4O. The highest BCUT2D eigenvalue weighted by Crippen LogP contribution is 2.17. The van der Waals surface area contributed by atoms with Crippen molar-refractivity contribution in [3.63, 3.8) is 0 Å². The van der Waals surface area contributed by atoms with Gasteiger partial charge >= 0.3 is 0 Å². The number of rotatable bonds is 3. The summed E-state index contributed by atoms with van der Waals surface area (Å²) in [6.07, 6.45) is 0. The molecule has 2 heterocycles. The molecule has 0 amide bonds. The molecule has 0 unspecified atom stereocenters. The van der Waals surface area contributed by atoms with Crippen LogP contribution < -0.4 is 5.73 Å². The number of nitrogens with two attached hydrogens (primary N) is 1. The molecule has 5 nitrogen and oxygen atoms in total. The maximum atomic E-state index is 5.98. The number of ether oxygens (including phenoxy) is 1. The summed E-state index contributed by atoms with van der Waals surface area (Å²) in [5.74, 6) is 0.601. The maximum absolute atomic E-state index is 5.98. The summed E-state index contributed by atoms with van der Waals surface area (Å²) >= 11 is 0. The summed E-state index contributed by atoms with van der Waals surface area (Å²) in [6.45, 7) is 5.56. The van der Waals surface area contributed by atoms with Crippen LogP contribution in [0.3, 0.4) is 0 Å². The van der Waals surface area contributed by atoms with E-state index in [9.17, 15) is 0 Å². The molecule has 18 heavy (non-hydrogen) atoms. The van der Waals surface area contributed by atoms with Crippen LogP contribution >= 0.6 is 0 Å². The number of benzene rings is 1. The number of nitrogens with zero attached hydrogens (tertiary/aromatic N) is 3. The summed E-state index contributed by atoms with van der Waals surface area (Å²) in [5.41, 5.74) is 8.06. The molecule has 0 aliphatic carbocycles. The minimum absolute atomic E-state index is 0.601. The van der Waals surface area contributed by atoms with Gasteiger partial charge in [-0.05, 0) is 12.1 Å². The van der Waals surface area contributed by atoms with Crippen LogP contribution in [0.15, 0.2) is 24.3 Å². The van der Waals surface area contributed by atoms with Crippen molar-refractivity contribution in [2.24, 2.45) is 0 Å². The van der Waals surface area contributed by atoms with Gasteiger partial charge < -0.3 is 15.0 Å². The standard InChI is InChI=1S/C13H18N4O/c14-13-15-11-3-1-2-4-12(11)17(13)6-5-16-7-9-18-10-8-16/h1-4H,5-10H2,(H2,14,15). The molecule has 1 aromatic heterocycles. The van der Waals surface area contributed by atoms with Gasteiger partial charge in [0.2, 0.25) is 5.95 Å². The van der Waals surface area contributed by atoms with Crippen molar-refractivity contribution in [2.75, 3.05) is 38.6 Å². The third kappa shape index (κ3) is 2.19. The van der Waals surface area contributed by atoms with Crippen LogP contribution in [0.2, 0.25) is 0 Å². The summed E-state index contributed by atoms with van der Waals surface area (Å²) < 4.78 is 7.43. The van der Waals surface area contributed by atoms with Crippen LogP contribution in [0.5, 0.6) is 0 Å². The van der Waals surface area contributed by atoms with Gasteiger partial charge in [-0.1, -0.05) is 12.1 Å². The minimum atomic E-state index is 0.601. The first kappa shape index (κ1) is 11.5. The molecule has 1 aliphatic rings. The van der Waals surface area contributed by atoms with Gasteiger partial charge in [0.1, 0.15) is 0 Å². The molecule has 96 valence electrons. The van der Waals surface area contributed by atoms with Crippen molar-refractivity contribution < 1.29 is 4.74 Å². The highest BCUT2D eigenvalue weighted by Gasteiger charge is 2.12. The molecule has 3 rings (SSSR count). The van der Waals surface area contributed by atoms with Gasteiger partial charge in [0, 0.05) is 26.2 Å². The van der Waals surface area contributed by atoms with Crippen LogP contribution in [0.4, 0.5) is 5.95 Å². The first-order valence-corrected chi connectivity index (χ1v) is 6.35. The van der Waals surface area contributed by atoms with Gasteiger partial charge in [-0.3, -0.25) is 4.90 Å². The summed E-state index contributed by atoms with van der Waals surface area (Å²) in [7, 11) is 0. The van der Waals surface area contributed by atoms with Crippen molar-refractivity contribution in [2.45, 2.75) is 6.54 Å². The number of imidazole rings is 1.